The first-order valence-corrected chi connectivity index (χ1v) is 8.62. The third-order valence-corrected chi connectivity index (χ3v) is 4.51. The van der Waals surface area contributed by atoms with E-state index < -0.39 is 6.10 Å². The number of amides is 1. The summed E-state index contributed by atoms with van der Waals surface area (Å²) in [5.74, 6) is 0.342. The van der Waals surface area contributed by atoms with Gasteiger partial charge in [-0.3, -0.25) is 4.79 Å². The number of carbonyl (C=O) groups excluding carboxylic acids is 1. The zero-order valence-electron chi connectivity index (χ0n) is 14.0. The standard InChI is InChI=1S/C19H20ClFN2O2/c1-14(25-18-8-2-15(20)3-9-18)19(24)23-12-10-22(11-13-23)17-6-4-16(21)5-7-17/h2-9,14H,10-13H2,1H3/t14-/m0/s1. The predicted molar refractivity (Wildman–Crippen MR) is 96.7 cm³/mol. The van der Waals surface area contributed by atoms with Gasteiger partial charge in [-0.2, -0.15) is 0 Å². The van der Waals surface area contributed by atoms with Crippen molar-refractivity contribution in [1.29, 1.82) is 0 Å². The van der Waals surface area contributed by atoms with E-state index in [-0.39, 0.29) is 11.7 Å². The van der Waals surface area contributed by atoms with Gasteiger partial charge in [0.25, 0.3) is 5.91 Å². The molecule has 0 spiro atoms. The van der Waals surface area contributed by atoms with Crippen molar-refractivity contribution in [2.75, 3.05) is 31.1 Å². The van der Waals surface area contributed by atoms with Crippen LogP contribution in [-0.2, 0) is 4.79 Å². The molecule has 1 saturated heterocycles. The van der Waals surface area contributed by atoms with Gasteiger partial charge >= 0.3 is 0 Å². The van der Waals surface area contributed by atoms with E-state index in [0.29, 0.717) is 37.0 Å². The summed E-state index contributed by atoms with van der Waals surface area (Å²) in [6.45, 7) is 4.41. The molecule has 4 nitrogen and oxygen atoms in total. The van der Waals surface area contributed by atoms with Gasteiger partial charge in [-0.15, -0.1) is 0 Å². The summed E-state index contributed by atoms with van der Waals surface area (Å²) in [7, 11) is 0. The lowest BCUT2D eigenvalue weighted by molar-refractivity contribution is -0.138. The Bertz CT molecular complexity index is 713. The molecule has 132 valence electrons. The maximum atomic E-state index is 13.0. The molecular weight excluding hydrogens is 343 g/mol. The van der Waals surface area contributed by atoms with E-state index in [0.717, 1.165) is 5.69 Å². The lowest BCUT2D eigenvalue weighted by Crippen LogP contribution is -2.52. The van der Waals surface area contributed by atoms with Gasteiger partial charge in [0.1, 0.15) is 11.6 Å². The number of carbonyl (C=O) groups is 1. The maximum Gasteiger partial charge on any atom is 0.263 e. The van der Waals surface area contributed by atoms with Crippen molar-refractivity contribution in [1.82, 2.24) is 4.90 Å². The minimum Gasteiger partial charge on any atom is -0.481 e. The number of ether oxygens (including phenoxy) is 1. The Morgan fingerprint density at radius 1 is 1.04 bits per heavy atom. The normalized spacial score (nSPS) is 15.8. The zero-order chi connectivity index (χ0) is 17.8. The van der Waals surface area contributed by atoms with Crippen molar-refractivity contribution in [2.24, 2.45) is 0 Å². The monoisotopic (exact) mass is 362 g/mol. The fourth-order valence-corrected chi connectivity index (χ4v) is 2.99. The molecule has 0 bridgehead atoms. The van der Waals surface area contributed by atoms with Crippen molar-refractivity contribution in [3.05, 3.63) is 59.4 Å². The lowest BCUT2D eigenvalue weighted by atomic mass is 10.2. The molecule has 2 aromatic carbocycles. The average Bonchev–Trinajstić information content (AvgIpc) is 2.64. The minimum absolute atomic E-state index is 0.0336. The van der Waals surface area contributed by atoms with E-state index in [1.54, 1.807) is 48.2 Å². The van der Waals surface area contributed by atoms with E-state index in [1.165, 1.54) is 12.1 Å². The Kier molecular flexibility index (Phi) is 5.43. The smallest absolute Gasteiger partial charge is 0.263 e. The van der Waals surface area contributed by atoms with Crippen molar-refractivity contribution >= 4 is 23.2 Å². The van der Waals surface area contributed by atoms with Crippen molar-refractivity contribution in [3.63, 3.8) is 0 Å². The maximum absolute atomic E-state index is 13.0. The summed E-state index contributed by atoms with van der Waals surface area (Å²) in [5, 5.41) is 0.628. The van der Waals surface area contributed by atoms with Crippen LogP contribution >= 0.6 is 11.6 Å². The Hall–Kier alpha value is -2.27. The Morgan fingerprint density at radius 3 is 2.24 bits per heavy atom. The molecule has 0 aliphatic carbocycles. The highest BCUT2D eigenvalue weighted by Gasteiger charge is 2.26. The minimum atomic E-state index is -0.557. The Labute approximate surface area is 151 Å². The van der Waals surface area contributed by atoms with Crippen LogP contribution in [0.5, 0.6) is 5.75 Å². The second-order valence-electron chi connectivity index (χ2n) is 6.00. The topological polar surface area (TPSA) is 32.8 Å². The fraction of sp³-hybridized carbons (Fsp3) is 0.316. The lowest BCUT2D eigenvalue weighted by Gasteiger charge is -2.37. The van der Waals surface area contributed by atoms with Crippen molar-refractivity contribution < 1.29 is 13.9 Å². The number of piperazine rings is 1. The van der Waals surface area contributed by atoms with Gasteiger partial charge in [0.2, 0.25) is 0 Å². The fourth-order valence-electron chi connectivity index (χ4n) is 2.86. The summed E-state index contributed by atoms with van der Waals surface area (Å²) >= 11 is 5.85. The third kappa shape index (κ3) is 4.42. The number of hydrogen-bond donors (Lipinski definition) is 0. The van der Waals surface area contributed by atoms with E-state index in [4.69, 9.17) is 16.3 Å². The molecule has 1 fully saturated rings. The Balaban J connectivity index is 1.53. The number of halogens is 2. The first kappa shape index (κ1) is 17.5. The molecule has 1 heterocycles. The van der Waals surface area contributed by atoms with Crippen LogP contribution in [0.25, 0.3) is 0 Å². The average molecular weight is 363 g/mol. The summed E-state index contributed by atoms with van der Waals surface area (Å²) in [6, 6.07) is 13.4. The first-order valence-electron chi connectivity index (χ1n) is 8.24. The van der Waals surface area contributed by atoms with Crippen LogP contribution in [0.1, 0.15) is 6.92 Å². The van der Waals surface area contributed by atoms with Crippen LogP contribution in [0.3, 0.4) is 0 Å². The summed E-state index contributed by atoms with van der Waals surface area (Å²) in [4.78, 5) is 16.5. The van der Waals surface area contributed by atoms with Crippen LogP contribution in [0.15, 0.2) is 48.5 Å². The molecule has 6 heteroatoms. The predicted octanol–water partition coefficient (Wildman–Crippen LogP) is 3.60. The number of anilines is 1. The molecule has 1 amide bonds. The summed E-state index contributed by atoms with van der Waals surface area (Å²) < 4.78 is 18.7. The van der Waals surface area contributed by atoms with Gasteiger partial charge in [-0.1, -0.05) is 11.6 Å². The molecular formula is C19H20ClFN2O2. The summed E-state index contributed by atoms with van der Waals surface area (Å²) in [6.07, 6.45) is -0.557. The van der Waals surface area contributed by atoms with Crippen LogP contribution < -0.4 is 9.64 Å². The highest BCUT2D eigenvalue weighted by molar-refractivity contribution is 6.30. The molecule has 0 N–H and O–H groups in total. The zero-order valence-corrected chi connectivity index (χ0v) is 14.7. The molecule has 0 unspecified atom stereocenters. The molecule has 0 saturated carbocycles. The van der Waals surface area contributed by atoms with E-state index in [1.807, 2.05) is 0 Å². The largest absolute Gasteiger partial charge is 0.481 e. The van der Waals surface area contributed by atoms with Crippen molar-refractivity contribution in [3.8, 4) is 5.75 Å². The molecule has 2 aromatic rings. The number of hydrogen-bond acceptors (Lipinski definition) is 3. The molecule has 25 heavy (non-hydrogen) atoms. The van der Waals surface area contributed by atoms with Gasteiger partial charge in [-0.25, -0.2) is 4.39 Å². The molecule has 1 aliphatic heterocycles. The van der Waals surface area contributed by atoms with E-state index >= 15 is 0 Å². The highest BCUT2D eigenvalue weighted by Crippen LogP contribution is 2.19. The van der Waals surface area contributed by atoms with Crippen LogP contribution in [0.4, 0.5) is 10.1 Å². The molecule has 1 aliphatic rings. The Morgan fingerprint density at radius 2 is 1.64 bits per heavy atom. The van der Waals surface area contributed by atoms with Gasteiger partial charge in [0, 0.05) is 36.9 Å². The second-order valence-corrected chi connectivity index (χ2v) is 6.44. The third-order valence-electron chi connectivity index (χ3n) is 4.26. The molecule has 0 aromatic heterocycles. The van der Waals surface area contributed by atoms with Gasteiger partial charge in [0.15, 0.2) is 6.10 Å². The van der Waals surface area contributed by atoms with E-state index in [9.17, 15) is 9.18 Å². The first-order chi connectivity index (χ1) is 12.0. The number of nitrogens with zero attached hydrogens (tertiary/aromatic N) is 2. The quantitative estimate of drug-likeness (QED) is 0.833. The van der Waals surface area contributed by atoms with Crippen LogP contribution in [0, 0.1) is 5.82 Å². The van der Waals surface area contributed by atoms with E-state index in [2.05, 4.69) is 4.90 Å². The summed E-state index contributed by atoms with van der Waals surface area (Å²) in [5.41, 5.74) is 0.971. The number of rotatable bonds is 4. The highest BCUT2D eigenvalue weighted by atomic mass is 35.5. The molecule has 3 rings (SSSR count). The van der Waals surface area contributed by atoms with Crippen LogP contribution in [0.2, 0.25) is 5.02 Å². The van der Waals surface area contributed by atoms with Gasteiger partial charge < -0.3 is 14.5 Å². The van der Waals surface area contributed by atoms with Crippen LogP contribution in [-0.4, -0.2) is 43.1 Å². The molecule has 0 radical (unpaired) electrons. The SMILES string of the molecule is C[C@H](Oc1ccc(Cl)cc1)C(=O)N1CCN(c2ccc(F)cc2)CC1. The number of benzene rings is 2. The van der Waals surface area contributed by atoms with Crippen molar-refractivity contribution in [2.45, 2.75) is 13.0 Å². The molecule has 1 atom stereocenters. The van der Waals surface area contributed by atoms with Gasteiger partial charge in [0.05, 0.1) is 0 Å². The second kappa shape index (κ2) is 7.74. The van der Waals surface area contributed by atoms with Gasteiger partial charge in [-0.05, 0) is 55.5 Å².